The van der Waals surface area contributed by atoms with E-state index in [1.54, 1.807) is 11.8 Å². The predicted octanol–water partition coefficient (Wildman–Crippen LogP) is 2.29. The first-order valence-electron chi connectivity index (χ1n) is 6.35. The molecule has 1 aromatic rings. The molecule has 4 heteroatoms. The van der Waals surface area contributed by atoms with Gasteiger partial charge in [-0.3, -0.25) is 4.79 Å². The first kappa shape index (κ1) is 13.4. The van der Waals surface area contributed by atoms with Gasteiger partial charge < -0.3 is 10.2 Å². The summed E-state index contributed by atoms with van der Waals surface area (Å²) in [6.45, 7) is 1.31. The van der Waals surface area contributed by atoms with Crippen LogP contribution in [0.15, 0.2) is 29.2 Å². The standard InChI is InChI=1S/C14H20N2OS/c1-15-10-14(17)16-9-5-7-12(16)11-6-3-4-8-13(11)18-2/h3-4,6,8,12,15H,5,7,9-10H2,1-2H3/t12-/m1/s1. The van der Waals surface area contributed by atoms with E-state index in [2.05, 4.69) is 35.8 Å². The van der Waals surface area contributed by atoms with E-state index in [9.17, 15) is 4.79 Å². The summed E-state index contributed by atoms with van der Waals surface area (Å²) >= 11 is 1.76. The van der Waals surface area contributed by atoms with Crippen LogP contribution in [-0.2, 0) is 4.79 Å². The van der Waals surface area contributed by atoms with E-state index < -0.39 is 0 Å². The number of thioether (sulfide) groups is 1. The molecule has 18 heavy (non-hydrogen) atoms. The van der Waals surface area contributed by atoms with Gasteiger partial charge in [0, 0.05) is 11.4 Å². The molecule has 1 aromatic carbocycles. The highest BCUT2D eigenvalue weighted by atomic mass is 32.2. The van der Waals surface area contributed by atoms with Crippen LogP contribution in [-0.4, -0.2) is 37.2 Å². The van der Waals surface area contributed by atoms with Gasteiger partial charge in [0.2, 0.25) is 5.91 Å². The Morgan fingerprint density at radius 2 is 2.28 bits per heavy atom. The molecule has 0 spiro atoms. The van der Waals surface area contributed by atoms with Gasteiger partial charge in [-0.25, -0.2) is 0 Å². The molecule has 1 aliphatic rings. The highest BCUT2D eigenvalue weighted by Gasteiger charge is 2.30. The van der Waals surface area contributed by atoms with E-state index in [0.717, 1.165) is 19.4 Å². The van der Waals surface area contributed by atoms with Gasteiger partial charge in [-0.15, -0.1) is 11.8 Å². The highest BCUT2D eigenvalue weighted by Crippen LogP contribution is 2.36. The molecule has 0 unspecified atom stereocenters. The third-order valence-electron chi connectivity index (χ3n) is 3.40. The molecule has 1 saturated heterocycles. The molecular weight excluding hydrogens is 244 g/mol. The normalized spacial score (nSPS) is 19.2. The lowest BCUT2D eigenvalue weighted by atomic mass is 10.0. The van der Waals surface area contributed by atoms with Crippen LogP contribution >= 0.6 is 11.8 Å². The number of nitrogens with zero attached hydrogens (tertiary/aromatic N) is 1. The zero-order valence-corrected chi connectivity index (χ0v) is 11.8. The Balaban J connectivity index is 2.23. The Morgan fingerprint density at radius 3 is 3.00 bits per heavy atom. The third-order valence-corrected chi connectivity index (χ3v) is 4.21. The maximum atomic E-state index is 12.1. The summed E-state index contributed by atoms with van der Waals surface area (Å²) in [5.41, 5.74) is 1.30. The highest BCUT2D eigenvalue weighted by molar-refractivity contribution is 7.98. The molecular formula is C14H20N2OS. The molecule has 1 amide bonds. The molecule has 1 atom stereocenters. The minimum absolute atomic E-state index is 0.205. The summed E-state index contributed by atoms with van der Waals surface area (Å²) in [6, 6.07) is 8.67. The van der Waals surface area contributed by atoms with Crippen LogP contribution in [0.25, 0.3) is 0 Å². The SMILES string of the molecule is CNCC(=O)N1CCC[C@@H]1c1ccccc1SC. The topological polar surface area (TPSA) is 32.3 Å². The smallest absolute Gasteiger partial charge is 0.237 e. The Kier molecular flexibility index (Phi) is 4.66. The fourth-order valence-electron chi connectivity index (χ4n) is 2.58. The Labute approximate surface area is 113 Å². The van der Waals surface area contributed by atoms with Crippen molar-refractivity contribution in [2.45, 2.75) is 23.8 Å². The molecule has 98 valence electrons. The van der Waals surface area contributed by atoms with E-state index in [0.29, 0.717) is 6.54 Å². The fourth-order valence-corrected chi connectivity index (χ4v) is 3.24. The first-order valence-corrected chi connectivity index (χ1v) is 7.57. The number of hydrogen-bond acceptors (Lipinski definition) is 3. The third kappa shape index (κ3) is 2.70. The monoisotopic (exact) mass is 264 g/mol. The number of carbonyl (C=O) groups is 1. The first-order chi connectivity index (χ1) is 8.77. The molecule has 1 heterocycles. The summed E-state index contributed by atoms with van der Waals surface area (Å²) in [6.07, 6.45) is 4.27. The van der Waals surface area contributed by atoms with Gasteiger partial charge in [0.15, 0.2) is 0 Å². The van der Waals surface area contributed by atoms with Gasteiger partial charge in [-0.2, -0.15) is 0 Å². The van der Waals surface area contributed by atoms with Crippen LogP contribution < -0.4 is 5.32 Å². The Morgan fingerprint density at radius 1 is 1.50 bits per heavy atom. The van der Waals surface area contributed by atoms with Crippen molar-refractivity contribution < 1.29 is 4.79 Å². The van der Waals surface area contributed by atoms with Crippen molar-refractivity contribution >= 4 is 17.7 Å². The molecule has 0 saturated carbocycles. The predicted molar refractivity (Wildman–Crippen MR) is 75.8 cm³/mol. The summed E-state index contributed by atoms with van der Waals surface area (Å²) in [5.74, 6) is 0.205. The summed E-state index contributed by atoms with van der Waals surface area (Å²) in [5, 5.41) is 2.95. The minimum atomic E-state index is 0.205. The second-order valence-electron chi connectivity index (χ2n) is 4.52. The van der Waals surface area contributed by atoms with Crippen molar-refractivity contribution in [3.8, 4) is 0 Å². The molecule has 0 aromatic heterocycles. The van der Waals surface area contributed by atoms with Gasteiger partial charge in [0.05, 0.1) is 12.6 Å². The number of carbonyl (C=O) groups excluding carboxylic acids is 1. The van der Waals surface area contributed by atoms with Crippen molar-refractivity contribution in [2.24, 2.45) is 0 Å². The second-order valence-corrected chi connectivity index (χ2v) is 5.37. The summed E-state index contributed by atoms with van der Waals surface area (Å²) < 4.78 is 0. The van der Waals surface area contributed by atoms with Gasteiger partial charge in [0.1, 0.15) is 0 Å². The number of likely N-dealkylation sites (N-methyl/N-ethyl adjacent to an activating group) is 1. The van der Waals surface area contributed by atoms with Crippen molar-refractivity contribution in [3.63, 3.8) is 0 Å². The van der Waals surface area contributed by atoms with Crippen molar-refractivity contribution in [2.75, 3.05) is 26.4 Å². The quantitative estimate of drug-likeness (QED) is 0.847. The Bertz CT molecular complexity index is 422. The van der Waals surface area contributed by atoms with E-state index in [-0.39, 0.29) is 11.9 Å². The van der Waals surface area contributed by atoms with E-state index >= 15 is 0 Å². The lowest BCUT2D eigenvalue weighted by molar-refractivity contribution is -0.131. The van der Waals surface area contributed by atoms with Crippen molar-refractivity contribution in [1.82, 2.24) is 10.2 Å². The number of likely N-dealkylation sites (tertiary alicyclic amines) is 1. The molecule has 0 aliphatic carbocycles. The molecule has 0 bridgehead atoms. The van der Waals surface area contributed by atoms with Crippen LogP contribution in [0, 0.1) is 0 Å². The van der Waals surface area contributed by atoms with Gasteiger partial charge in [0.25, 0.3) is 0 Å². The Hall–Kier alpha value is -1.00. The van der Waals surface area contributed by atoms with Gasteiger partial charge in [-0.05, 0) is 37.8 Å². The van der Waals surface area contributed by atoms with Gasteiger partial charge in [-0.1, -0.05) is 18.2 Å². The number of amides is 1. The number of hydrogen-bond donors (Lipinski definition) is 1. The van der Waals surface area contributed by atoms with E-state index in [4.69, 9.17) is 0 Å². The van der Waals surface area contributed by atoms with Crippen LogP contribution in [0.5, 0.6) is 0 Å². The largest absolute Gasteiger partial charge is 0.335 e. The fraction of sp³-hybridized carbons (Fsp3) is 0.500. The van der Waals surface area contributed by atoms with Crippen molar-refractivity contribution in [1.29, 1.82) is 0 Å². The summed E-state index contributed by atoms with van der Waals surface area (Å²) in [7, 11) is 1.82. The van der Waals surface area contributed by atoms with Crippen LogP contribution in [0.1, 0.15) is 24.4 Å². The number of benzene rings is 1. The lowest BCUT2D eigenvalue weighted by Crippen LogP contribution is -2.36. The summed E-state index contributed by atoms with van der Waals surface area (Å²) in [4.78, 5) is 15.4. The molecule has 1 N–H and O–H groups in total. The van der Waals surface area contributed by atoms with Gasteiger partial charge >= 0.3 is 0 Å². The average molecular weight is 264 g/mol. The number of rotatable bonds is 4. The molecule has 1 aliphatic heterocycles. The van der Waals surface area contributed by atoms with Crippen LogP contribution in [0.2, 0.25) is 0 Å². The van der Waals surface area contributed by atoms with E-state index in [1.807, 2.05) is 11.9 Å². The molecule has 2 rings (SSSR count). The zero-order valence-electron chi connectivity index (χ0n) is 11.0. The van der Waals surface area contributed by atoms with Crippen molar-refractivity contribution in [3.05, 3.63) is 29.8 Å². The van der Waals surface area contributed by atoms with Crippen LogP contribution in [0.3, 0.4) is 0 Å². The molecule has 0 radical (unpaired) electrons. The maximum absolute atomic E-state index is 12.1. The zero-order chi connectivity index (χ0) is 13.0. The second kappa shape index (κ2) is 6.25. The molecule has 1 fully saturated rings. The van der Waals surface area contributed by atoms with Crippen LogP contribution in [0.4, 0.5) is 0 Å². The maximum Gasteiger partial charge on any atom is 0.237 e. The lowest BCUT2D eigenvalue weighted by Gasteiger charge is -2.26. The number of nitrogens with one attached hydrogen (secondary N) is 1. The van der Waals surface area contributed by atoms with E-state index in [1.165, 1.54) is 10.5 Å². The minimum Gasteiger partial charge on any atom is -0.335 e. The average Bonchev–Trinajstić information content (AvgIpc) is 2.88. The molecule has 3 nitrogen and oxygen atoms in total.